The van der Waals surface area contributed by atoms with E-state index in [-0.39, 0.29) is 43.7 Å². The second-order valence-corrected chi connectivity index (χ2v) is 7.74. The molecule has 2 aromatic carbocycles. The number of nitrogens with one attached hydrogen (secondary N) is 2. The standard InChI is InChI=1S/C24H29N5O4/c1-17-8-10-18(11-9-17)14-26-20(30)16-28(15-19-6-4-3-5-7-19)21-22(25)29(12-13-33-2)24(32)27-23(21)31/h3-11H,12-16,25H2,1-2H3,(H,26,30)(H,27,31,32). The zero-order valence-electron chi connectivity index (χ0n) is 18.8. The van der Waals surface area contributed by atoms with Crippen LogP contribution in [0.15, 0.2) is 64.2 Å². The fraction of sp³-hybridized carbons (Fsp3) is 0.292. The molecule has 0 saturated carbocycles. The van der Waals surface area contributed by atoms with E-state index < -0.39 is 11.2 Å². The molecule has 3 rings (SSSR count). The van der Waals surface area contributed by atoms with Gasteiger partial charge in [0.25, 0.3) is 5.56 Å². The topological polar surface area (TPSA) is 122 Å². The Kier molecular flexibility index (Phi) is 8.04. The summed E-state index contributed by atoms with van der Waals surface area (Å²) in [6, 6.07) is 17.3. The van der Waals surface area contributed by atoms with E-state index in [1.807, 2.05) is 61.5 Å². The highest BCUT2D eigenvalue weighted by molar-refractivity contribution is 5.82. The van der Waals surface area contributed by atoms with E-state index in [1.165, 1.54) is 11.7 Å². The molecule has 0 aliphatic rings. The van der Waals surface area contributed by atoms with Crippen molar-refractivity contribution in [2.24, 2.45) is 0 Å². The highest BCUT2D eigenvalue weighted by Gasteiger charge is 2.21. The van der Waals surface area contributed by atoms with Crippen LogP contribution < -0.4 is 27.2 Å². The van der Waals surface area contributed by atoms with Gasteiger partial charge in [0, 0.05) is 20.2 Å². The predicted molar refractivity (Wildman–Crippen MR) is 128 cm³/mol. The van der Waals surface area contributed by atoms with E-state index in [1.54, 1.807) is 4.90 Å². The lowest BCUT2D eigenvalue weighted by atomic mass is 10.1. The normalized spacial score (nSPS) is 10.7. The van der Waals surface area contributed by atoms with Crippen LogP contribution in [0.3, 0.4) is 0 Å². The van der Waals surface area contributed by atoms with Crippen LogP contribution in [0.1, 0.15) is 16.7 Å². The highest BCUT2D eigenvalue weighted by Crippen LogP contribution is 2.19. The van der Waals surface area contributed by atoms with Crippen molar-refractivity contribution in [1.29, 1.82) is 0 Å². The van der Waals surface area contributed by atoms with Gasteiger partial charge in [0.05, 0.1) is 19.7 Å². The number of carbonyl (C=O) groups is 1. The lowest BCUT2D eigenvalue weighted by molar-refractivity contribution is -0.119. The van der Waals surface area contributed by atoms with Gasteiger partial charge in [-0.3, -0.25) is 19.1 Å². The lowest BCUT2D eigenvalue weighted by Gasteiger charge is -2.26. The van der Waals surface area contributed by atoms with Gasteiger partial charge in [-0.25, -0.2) is 4.79 Å². The minimum absolute atomic E-state index is 0.0111. The molecule has 3 aromatic rings. The second-order valence-electron chi connectivity index (χ2n) is 7.74. The number of aromatic nitrogens is 2. The fourth-order valence-electron chi connectivity index (χ4n) is 3.44. The number of hydrogen-bond acceptors (Lipinski definition) is 6. The number of benzene rings is 2. The molecule has 1 heterocycles. The van der Waals surface area contributed by atoms with E-state index in [4.69, 9.17) is 10.5 Å². The molecule has 33 heavy (non-hydrogen) atoms. The minimum atomic E-state index is -0.645. The van der Waals surface area contributed by atoms with Crippen LogP contribution in [0.2, 0.25) is 0 Å². The molecule has 1 aromatic heterocycles. The van der Waals surface area contributed by atoms with Crippen LogP contribution >= 0.6 is 0 Å². The van der Waals surface area contributed by atoms with E-state index in [9.17, 15) is 14.4 Å². The van der Waals surface area contributed by atoms with Crippen LogP contribution in [0.25, 0.3) is 0 Å². The summed E-state index contributed by atoms with van der Waals surface area (Å²) in [5, 5.41) is 2.88. The summed E-state index contributed by atoms with van der Waals surface area (Å²) in [5.74, 6) is -0.289. The van der Waals surface area contributed by atoms with Crippen LogP contribution in [0.4, 0.5) is 11.5 Å². The largest absolute Gasteiger partial charge is 0.383 e. The molecule has 1 amide bonds. The number of aromatic amines is 1. The highest BCUT2D eigenvalue weighted by atomic mass is 16.5. The van der Waals surface area contributed by atoms with Gasteiger partial charge in [-0.15, -0.1) is 0 Å². The van der Waals surface area contributed by atoms with Gasteiger partial charge in [0.2, 0.25) is 5.91 Å². The number of nitrogens with zero attached hydrogens (tertiary/aromatic N) is 2. The van der Waals surface area contributed by atoms with Gasteiger partial charge in [-0.05, 0) is 18.1 Å². The molecule has 0 aliphatic heterocycles. The molecule has 0 bridgehead atoms. The third-order valence-electron chi connectivity index (χ3n) is 5.21. The fourth-order valence-corrected chi connectivity index (χ4v) is 3.44. The molecule has 0 spiro atoms. The molecule has 0 saturated heterocycles. The average molecular weight is 452 g/mol. The predicted octanol–water partition coefficient (Wildman–Crippen LogP) is 1.40. The number of aryl methyl sites for hydroxylation is 1. The Morgan fingerprint density at radius 2 is 1.79 bits per heavy atom. The van der Waals surface area contributed by atoms with Gasteiger partial charge in [-0.2, -0.15) is 0 Å². The smallest absolute Gasteiger partial charge is 0.330 e. The maximum Gasteiger partial charge on any atom is 0.330 e. The number of hydrogen-bond donors (Lipinski definition) is 3. The first-order valence-corrected chi connectivity index (χ1v) is 10.6. The monoisotopic (exact) mass is 451 g/mol. The van der Waals surface area contributed by atoms with Gasteiger partial charge in [-0.1, -0.05) is 60.2 Å². The lowest BCUT2D eigenvalue weighted by Crippen LogP contribution is -2.42. The van der Waals surface area contributed by atoms with Crippen molar-refractivity contribution in [2.75, 3.05) is 30.9 Å². The van der Waals surface area contributed by atoms with Gasteiger partial charge < -0.3 is 20.7 Å². The summed E-state index contributed by atoms with van der Waals surface area (Å²) < 4.78 is 6.28. The minimum Gasteiger partial charge on any atom is -0.383 e. The Balaban J connectivity index is 1.88. The van der Waals surface area contributed by atoms with E-state index in [0.29, 0.717) is 6.54 Å². The Morgan fingerprint density at radius 1 is 1.09 bits per heavy atom. The second kappa shape index (κ2) is 11.1. The van der Waals surface area contributed by atoms with Crippen molar-refractivity contribution in [3.8, 4) is 0 Å². The molecule has 9 nitrogen and oxygen atoms in total. The molecule has 0 fully saturated rings. The Bertz CT molecular complexity index is 1190. The van der Waals surface area contributed by atoms with Crippen molar-refractivity contribution in [1.82, 2.24) is 14.9 Å². The zero-order valence-corrected chi connectivity index (χ0v) is 18.8. The molecule has 9 heteroatoms. The molecule has 0 unspecified atom stereocenters. The maximum atomic E-state index is 12.8. The number of nitrogen functional groups attached to an aromatic ring is 1. The molecule has 4 N–H and O–H groups in total. The molecular formula is C24H29N5O4. The summed E-state index contributed by atoms with van der Waals surface area (Å²) >= 11 is 0. The number of nitrogens with two attached hydrogens (primary N) is 1. The molecule has 0 aliphatic carbocycles. The van der Waals surface area contributed by atoms with Crippen molar-refractivity contribution in [2.45, 2.75) is 26.6 Å². The zero-order chi connectivity index (χ0) is 23.8. The van der Waals surface area contributed by atoms with Crippen LogP contribution in [-0.2, 0) is 29.2 Å². The number of rotatable bonds is 10. The van der Waals surface area contributed by atoms with E-state index in [0.717, 1.165) is 16.7 Å². The Labute approximate surface area is 191 Å². The number of amides is 1. The van der Waals surface area contributed by atoms with Crippen LogP contribution in [0.5, 0.6) is 0 Å². The number of H-pyrrole nitrogens is 1. The first-order valence-electron chi connectivity index (χ1n) is 10.6. The summed E-state index contributed by atoms with van der Waals surface area (Å²) in [6.07, 6.45) is 0. The summed E-state index contributed by atoms with van der Waals surface area (Å²) in [5.41, 5.74) is 8.04. The maximum absolute atomic E-state index is 12.8. The van der Waals surface area contributed by atoms with Crippen molar-refractivity contribution >= 4 is 17.4 Å². The summed E-state index contributed by atoms with van der Waals surface area (Å²) in [6.45, 7) is 2.91. The van der Waals surface area contributed by atoms with Crippen molar-refractivity contribution in [3.05, 3.63) is 92.1 Å². The molecule has 0 radical (unpaired) electrons. The van der Waals surface area contributed by atoms with Crippen LogP contribution in [0, 0.1) is 6.92 Å². The van der Waals surface area contributed by atoms with Crippen molar-refractivity contribution < 1.29 is 9.53 Å². The van der Waals surface area contributed by atoms with Gasteiger partial charge >= 0.3 is 5.69 Å². The first kappa shape index (κ1) is 23.8. The van der Waals surface area contributed by atoms with E-state index >= 15 is 0 Å². The number of methoxy groups -OCH3 is 1. The van der Waals surface area contributed by atoms with Crippen LogP contribution in [-0.4, -0.2) is 35.7 Å². The Hall–Kier alpha value is -3.85. The number of carbonyl (C=O) groups excluding carboxylic acids is 1. The molecular weight excluding hydrogens is 422 g/mol. The number of anilines is 2. The Morgan fingerprint density at radius 3 is 2.45 bits per heavy atom. The van der Waals surface area contributed by atoms with Gasteiger partial charge in [0.1, 0.15) is 11.5 Å². The summed E-state index contributed by atoms with van der Waals surface area (Å²) in [4.78, 5) is 41.7. The third-order valence-corrected chi connectivity index (χ3v) is 5.21. The molecule has 174 valence electrons. The van der Waals surface area contributed by atoms with Gasteiger partial charge in [0.15, 0.2) is 0 Å². The third kappa shape index (κ3) is 6.33. The summed E-state index contributed by atoms with van der Waals surface area (Å²) in [7, 11) is 1.51. The molecule has 0 atom stereocenters. The quantitative estimate of drug-likeness (QED) is 0.428. The van der Waals surface area contributed by atoms with Crippen molar-refractivity contribution in [3.63, 3.8) is 0 Å². The van der Waals surface area contributed by atoms with E-state index in [2.05, 4.69) is 10.3 Å². The number of ether oxygens (including phenoxy) is 1. The SMILES string of the molecule is COCCn1c(N)c(N(CC(=O)NCc2ccc(C)cc2)Cc2ccccc2)c(=O)[nH]c1=O. The average Bonchev–Trinajstić information content (AvgIpc) is 2.79. The first-order chi connectivity index (χ1) is 15.9.